The van der Waals surface area contributed by atoms with Crippen molar-refractivity contribution in [1.82, 2.24) is 0 Å². The SMILES string of the molecule is CN(C(=O)CC1CCCCO1)c1ccc(N)cc1C(=O)O. The molecule has 0 aromatic heterocycles. The molecule has 21 heavy (non-hydrogen) atoms. The lowest BCUT2D eigenvalue weighted by Gasteiger charge is -2.25. The molecular weight excluding hydrogens is 272 g/mol. The van der Waals surface area contributed by atoms with E-state index in [0.29, 0.717) is 18.0 Å². The number of amides is 1. The Hall–Kier alpha value is -2.08. The molecule has 1 aromatic carbocycles. The van der Waals surface area contributed by atoms with E-state index in [0.717, 1.165) is 19.3 Å². The van der Waals surface area contributed by atoms with Gasteiger partial charge in [-0.05, 0) is 37.5 Å². The van der Waals surface area contributed by atoms with E-state index in [2.05, 4.69) is 0 Å². The van der Waals surface area contributed by atoms with Gasteiger partial charge in [-0.25, -0.2) is 4.79 Å². The molecule has 1 aliphatic heterocycles. The molecule has 1 atom stereocenters. The van der Waals surface area contributed by atoms with Crippen molar-refractivity contribution in [2.45, 2.75) is 31.8 Å². The third-order valence-corrected chi connectivity index (χ3v) is 3.66. The maximum atomic E-state index is 12.3. The number of benzene rings is 1. The van der Waals surface area contributed by atoms with E-state index in [4.69, 9.17) is 10.5 Å². The highest BCUT2D eigenvalue weighted by Gasteiger charge is 2.23. The van der Waals surface area contributed by atoms with Gasteiger partial charge < -0.3 is 20.5 Å². The van der Waals surface area contributed by atoms with Crippen LogP contribution in [0.15, 0.2) is 18.2 Å². The molecule has 1 fully saturated rings. The third-order valence-electron chi connectivity index (χ3n) is 3.66. The monoisotopic (exact) mass is 292 g/mol. The number of hydrogen-bond donors (Lipinski definition) is 2. The summed E-state index contributed by atoms with van der Waals surface area (Å²) in [6.07, 6.45) is 3.15. The number of hydrogen-bond acceptors (Lipinski definition) is 4. The maximum Gasteiger partial charge on any atom is 0.337 e. The first-order valence-electron chi connectivity index (χ1n) is 7.00. The largest absolute Gasteiger partial charge is 0.478 e. The lowest BCUT2D eigenvalue weighted by atomic mass is 10.1. The number of anilines is 2. The Morgan fingerprint density at radius 2 is 2.19 bits per heavy atom. The first-order valence-corrected chi connectivity index (χ1v) is 7.00. The Morgan fingerprint density at radius 1 is 1.43 bits per heavy atom. The Bertz CT molecular complexity index is 538. The van der Waals surface area contributed by atoms with Gasteiger partial charge in [-0.3, -0.25) is 4.79 Å². The number of carboxylic acid groups (broad SMARTS) is 1. The zero-order chi connectivity index (χ0) is 15.4. The van der Waals surface area contributed by atoms with E-state index in [9.17, 15) is 14.7 Å². The van der Waals surface area contributed by atoms with Crippen LogP contribution in [0.2, 0.25) is 0 Å². The molecule has 0 bridgehead atoms. The van der Waals surface area contributed by atoms with Crippen LogP contribution in [0.3, 0.4) is 0 Å². The second kappa shape index (κ2) is 6.58. The predicted molar refractivity (Wildman–Crippen MR) is 79.4 cm³/mol. The van der Waals surface area contributed by atoms with Gasteiger partial charge >= 0.3 is 5.97 Å². The van der Waals surface area contributed by atoms with Crippen LogP contribution in [-0.2, 0) is 9.53 Å². The van der Waals surface area contributed by atoms with Crippen LogP contribution >= 0.6 is 0 Å². The molecule has 1 aromatic rings. The van der Waals surface area contributed by atoms with Crippen LogP contribution < -0.4 is 10.6 Å². The van der Waals surface area contributed by atoms with Crippen molar-refractivity contribution in [1.29, 1.82) is 0 Å². The van der Waals surface area contributed by atoms with Crippen molar-refractivity contribution < 1.29 is 19.4 Å². The Balaban J connectivity index is 2.13. The molecule has 1 heterocycles. The maximum absolute atomic E-state index is 12.3. The van der Waals surface area contributed by atoms with Gasteiger partial charge in [-0.2, -0.15) is 0 Å². The molecule has 114 valence electrons. The van der Waals surface area contributed by atoms with Crippen LogP contribution in [0.1, 0.15) is 36.0 Å². The van der Waals surface area contributed by atoms with Gasteiger partial charge in [0.05, 0.1) is 23.8 Å². The van der Waals surface area contributed by atoms with E-state index < -0.39 is 5.97 Å². The highest BCUT2D eigenvalue weighted by atomic mass is 16.5. The minimum Gasteiger partial charge on any atom is -0.478 e. The van der Waals surface area contributed by atoms with Crippen molar-refractivity contribution in [3.8, 4) is 0 Å². The molecule has 1 aliphatic rings. The average molecular weight is 292 g/mol. The van der Waals surface area contributed by atoms with E-state index in [1.165, 1.54) is 11.0 Å². The number of carbonyl (C=O) groups is 2. The number of rotatable bonds is 4. The fourth-order valence-corrected chi connectivity index (χ4v) is 2.45. The van der Waals surface area contributed by atoms with Gasteiger partial charge in [0.2, 0.25) is 5.91 Å². The fourth-order valence-electron chi connectivity index (χ4n) is 2.45. The molecular formula is C15H20N2O4. The normalized spacial score (nSPS) is 18.2. The average Bonchev–Trinajstić information content (AvgIpc) is 2.47. The first-order chi connectivity index (χ1) is 9.99. The smallest absolute Gasteiger partial charge is 0.337 e. The van der Waals surface area contributed by atoms with Crippen LogP contribution in [0.4, 0.5) is 11.4 Å². The second-order valence-corrected chi connectivity index (χ2v) is 5.23. The summed E-state index contributed by atoms with van der Waals surface area (Å²) in [6.45, 7) is 0.684. The summed E-state index contributed by atoms with van der Waals surface area (Å²) in [4.78, 5) is 24.9. The van der Waals surface area contributed by atoms with Crippen molar-refractivity contribution in [3.05, 3.63) is 23.8 Å². The zero-order valence-corrected chi connectivity index (χ0v) is 12.0. The third kappa shape index (κ3) is 3.72. The molecule has 3 N–H and O–H groups in total. The van der Waals surface area contributed by atoms with E-state index in [1.54, 1.807) is 19.2 Å². The molecule has 6 nitrogen and oxygen atoms in total. The van der Waals surface area contributed by atoms with Crippen LogP contribution in [-0.4, -0.2) is 36.7 Å². The fraction of sp³-hybridized carbons (Fsp3) is 0.467. The summed E-state index contributed by atoms with van der Waals surface area (Å²) in [5, 5.41) is 9.22. The van der Waals surface area contributed by atoms with Gasteiger partial charge in [0.15, 0.2) is 0 Å². The predicted octanol–water partition coefficient (Wildman–Crippen LogP) is 1.89. The molecule has 1 unspecified atom stereocenters. The molecule has 0 spiro atoms. The standard InChI is InChI=1S/C15H20N2O4/c1-17(14(18)9-11-4-2-3-7-21-11)13-6-5-10(16)8-12(13)15(19)20/h5-6,8,11H,2-4,7,9,16H2,1H3,(H,19,20). The highest BCUT2D eigenvalue weighted by Crippen LogP contribution is 2.24. The van der Waals surface area contributed by atoms with Crippen molar-refractivity contribution in [2.24, 2.45) is 0 Å². The van der Waals surface area contributed by atoms with Gasteiger partial charge in [-0.1, -0.05) is 0 Å². The molecule has 1 amide bonds. The summed E-state index contributed by atoms with van der Waals surface area (Å²) >= 11 is 0. The summed E-state index contributed by atoms with van der Waals surface area (Å²) in [6, 6.07) is 4.50. The number of carbonyl (C=O) groups excluding carboxylic acids is 1. The van der Waals surface area contributed by atoms with Gasteiger partial charge in [0, 0.05) is 19.3 Å². The lowest BCUT2D eigenvalue weighted by molar-refractivity contribution is -0.122. The summed E-state index contributed by atoms with van der Waals surface area (Å²) < 4.78 is 5.55. The topological polar surface area (TPSA) is 92.9 Å². The molecule has 0 radical (unpaired) electrons. The molecule has 2 rings (SSSR count). The van der Waals surface area contributed by atoms with Crippen molar-refractivity contribution >= 4 is 23.3 Å². The zero-order valence-electron chi connectivity index (χ0n) is 12.0. The molecule has 0 saturated carbocycles. The lowest BCUT2D eigenvalue weighted by Crippen LogP contribution is -2.33. The summed E-state index contributed by atoms with van der Waals surface area (Å²) in [7, 11) is 1.57. The number of nitrogen functional groups attached to an aromatic ring is 1. The number of ether oxygens (including phenoxy) is 1. The molecule has 6 heteroatoms. The second-order valence-electron chi connectivity index (χ2n) is 5.23. The van der Waals surface area contributed by atoms with Crippen LogP contribution in [0.25, 0.3) is 0 Å². The Morgan fingerprint density at radius 3 is 2.81 bits per heavy atom. The first kappa shape index (κ1) is 15.3. The Kier molecular flexibility index (Phi) is 4.80. The Labute approximate surface area is 123 Å². The summed E-state index contributed by atoms with van der Waals surface area (Å²) in [5.74, 6) is -1.26. The number of aromatic carboxylic acids is 1. The number of nitrogens with two attached hydrogens (primary N) is 1. The van der Waals surface area contributed by atoms with Gasteiger partial charge in [0.25, 0.3) is 0 Å². The minimum absolute atomic E-state index is 0.0235. The van der Waals surface area contributed by atoms with Gasteiger partial charge in [0.1, 0.15) is 0 Å². The molecule has 1 saturated heterocycles. The quantitative estimate of drug-likeness (QED) is 0.827. The van der Waals surface area contributed by atoms with E-state index in [1.807, 2.05) is 0 Å². The van der Waals surface area contributed by atoms with Gasteiger partial charge in [-0.15, -0.1) is 0 Å². The van der Waals surface area contributed by atoms with E-state index in [-0.39, 0.29) is 24.0 Å². The van der Waals surface area contributed by atoms with Crippen molar-refractivity contribution in [2.75, 3.05) is 24.3 Å². The van der Waals surface area contributed by atoms with E-state index >= 15 is 0 Å². The van der Waals surface area contributed by atoms with Crippen molar-refractivity contribution in [3.63, 3.8) is 0 Å². The molecule has 0 aliphatic carbocycles. The highest BCUT2D eigenvalue weighted by molar-refractivity contribution is 6.02. The number of carboxylic acids is 1. The minimum atomic E-state index is -1.11. The number of nitrogens with zero attached hydrogens (tertiary/aromatic N) is 1. The summed E-state index contributed by atoms with van der Waals surface area (Å²) in [5.41, 5.74) is 6.33. The van der Waals surface area contributed by atoms with Crippen LogP contribution in [0, 0.1) is 0 Å². The van der Waals surface area contributed by atoms with Crippen LogP contribution in [0.5, 0.6) is 0 Å².